The van der Waals surface area contributed by atoms with Crippen LogP contribution in [0, 0.1) is 13.8 Å². The smallest absolute Gasteiger partial charge is 0.142 e. The summed E-state index contributed by atoms with van der Waals surface area (Å²) in [5.41, 5.74) is 8.72. The quantitative estimate of drug-likeness (QED) is 0.622. The Morgan fingerprint density at radius 2 is 1.91 bits per heavy atom. The molecule has 0 spiro atoms. The van der Waals surface area contributed by atoms with Crippen molar-refractivity contribution in [3.63, 3.8) is 0 Å². The summed E-state index contributed by atoms with van der Waals surface area (Å²) < 4.78 is 5.08. The molecule has 1 rings (SSSR count). The van der Waals surface area contributed by atoms with Crippen molar-refractivity contribution < 1.29 is 4.74 Å². The highest BCUT2D eigenvalue weighted by Crippen LogP contribution is 2.25. The maximum Gasteiger partial charge on any atom is 0.142 e. The number of ether oxygens (including phenoxy) is 1. The molecule has 0 saturated heterocycles. The normalized spacial score (nSPS) is 9.73. The van der Waals surface area contributed by atoms with E-state index < -0.39 is 0 Å². The second-order valence-corrected chi connectivity index (χ2v) is 2.70. The molecule has 2 N–H and O–H groups in total. The average Bonchev–Trinajstić information content (AvgIpc) is 1.96. The molecule has 11 heavy (non-hydrogen) atoms. The zero-order valence-corrected chi connectivity index (χ0v) is 7.14. The van der Waals surface area contributed by atoms with Crippen LogP contribution in [0.1, 0.15) is 11.1 Å². The van der Waals surface area contributed by atoms with Gasteiger partial charge in [-0.2, -0.15) is 0 Å². The van der Waals surface area contributed by atoms with Gasteiger partial charge in [-0.3, -0.25) is 0 Å². The number of aryl methyl sites for hydroxylation is 2. The van der Waals surface area contributed by atoms with Gasteiger partial charge in [0.15, 0.2) is 0 Å². The lowest BCUT2D eigenvalue weighted by Gasteiger charge is -2.07. The third-order valence-electron chi connectivity index (χ3n) is 1.71. The maximum atomic E-state index is 5.74. The van der Waals surface area contributed by atoms with Crippen molar-refractivity contribution in [1.82, 2.24) is 0 Å². The number of rotatable bonds is 1. The fourth-order valence-electron chi connectivity index (χ4n) is 1.11. The Hall–Kier alpha value is -1.18. The van der Waals surface area contributed by atoms with E-state index in [0.717, 1.165) is 17.0 Å². The van der Waals surface area contributed by atoms with Crippen molar-refractivity contribution in [1.29, 1.82) is 0 Å². The lowest BCUT2D eigenvalue weighted by molar-refractivity contribution is 0.416. The number of methoxy groups -OCH3 is 1. The highest BCUT2D eigenvalue weighted by atomic mass is 16.5. The summed E-state index contributed by atoms with van der Waals surface area (Å²) in [5, 5.41) is 0. The lowest BCUT2D eigenvalue weighted by atomic mass is 10.1. The Labute approximate surface area is 67.0 Å². The van der Waals surface area contributed by atoms with Crippen LogP contribution in [0.5, 0.6) is 5.75 Å². The fourth-order valence-corrected chi connectivity index (χ4v) is 1.11. The van der Waals surface area contributed by atoms with Crippen molar-refractivity contribution >= 4 is 5.69 Å². The number of anilines is 1. The van der Waals surface area contributed by atoms with Crippen molar-refractivity contribution in [2.75, 3.05) is 12.8 Å². The Balaban J connectivity index is 3.24. The molecule has 0 bridgehead atoms. The third kappa shape index (κ3) is 1.45. The van der Waals surface area contributed by atoms with E-state index in [1.807, 2.05) is 26.0 Å². The van der Waals surface area contributed by atoms with Crippen molar-refractivity contribution in [2.24, 2.45) is 0 Å². The summed E-state index contributed by atoms with van der Waals surface area (Å²) in [4.78, 5) is 0. The molecule has 0 aliphatic heterocycles. The van der Waals surface area contributed by atoms with E-state index in [1.54, 1.807) is 7.11 Å². The zero-order valence-electron chi connectivity index (χ0n) is 7.14. The van der Waals surface area contributed by atoms with Gasteiger partial charge in [-0.15, -0.1) is 0 Å². The van der Waals surface area contributed by atoms with E-state index in [2.05, 4.69) is 0 Å². The first-order chi connectivity index (χ1) is 5.15. The highest BCUT2D eigenvalue weighted by molar-refractivity contribution is 5.59. The van der Waals surface area contributed by atoms with E-state index in [4.69, 9.17) is 10.5 Å². The van der Waals surface area contributed by atoms with Crippen LogP contribution in [-0.2, 0) is 0 Å². The van der Waals surface area contributed by atoms with Crippen LogP contribution >= 0.6 is 0 Å². The Morgan fingerprint density at radius 3 is 2.45 bits per heavy atom. The lowest BCUT2D eigenvalue weighted by Crippen LogP contribution is -1.95. The first-order valence-electron chi connectivity index (χ1n) is 3.56. The van der Waals surface area contributed by atoms with Gasteiger partial charge in [-0.1, -0.05) is 6.07 Å². The molecule has 0 unspecified atom stereocenters. The third-order valence-corrected chi connectivity index (χ3v) is 1.71. The molecule has 0 saturated carbocycles. The fraction of sp³-hybridized carbons (Fsp3) is 0.333. The van der Waals surface area contributed by atoms with Crippen LogP contribution in [0.2, 0.25) is 0 Å². The van der Waals surface area contributed by atoms with Crippen LogP contribution < -0.4 is 10.5 Å². The first kappa shape index (κ1) is 7.92. The molecule has 2 nitrogen and oxygen atoms in total. The van der Waals surface area contributed by atoms with Crippen molar-refractivity contribution in [3.05, 3.63) is 23.3 Å². The van der Waals surface area contributed by atoms with Gasteiger partial charge in [0, 0.05) is 0 Å². The van der Waals surface area contributed by atoms with Gasteiger partial charge >= 0.3 is 0 Å². The molecule has 0 aliphatic rings. The zero-order chi connectivity index (χ0) is 8.43. The molecule has 60 valence electrons. The van der Waals surface area contributed by atoms with E-state index >= 15 is 0 Å². The number of benzene rings is 1. The molecule has 1 aromatic rings. The molecule has 0 amide bonds. The largest absolute Gasteiger partial charge is 0.495 e. The summed E-state index contributed by atoms with van der Waals surface area (Å²) in [6.07, 6.45) is 0. The minimum absolute atomic E-state index is 0.734. The molecule has 0 heterocycles. The minimum atomic E-state index is 0.734. The molecule has 2 heteroatoms. The number of nitrogen functional groups attached to an aromatic ring is 1. The molecule has 0 radical (unpaired) electrons. The molecule has 1 aromatic carbocycles. The van der Waals surface area contributed by atoms with Gasteiger partial charge in [-0.25, -0.2) is 0 Å². The van der Waals surface area contributed by atoms with Crippen LogP contribution in [0.4, 0.5) is 5.69 Å². The Morgan fingerprint density at radius 1 is 1.27 bits per heavy atom. The summed E-state index contributed by atoms with van der Waals surface area (Å²) in [6.45, 7) is 4.00. The van der Waals surface area contributed by atoms with Crippen LogP contribution in [0.25, 0.3) is 0 Å². The van der Waals surface area contributed by atoms with Gasteiger partial charge in [-0.05, 0) is 31.0 Å². The highest BCUT2D eigenvalue weighted by Gasteiger charge is 2.01. The van der Waals surface area contributed by atoms with Gasteiger partial charge in [0.25, 0.3) is 0 Å². The van der Waals surface area contributed by atoms with Crippen molar-refractivity contribution in [2.45, 2.75) is 13.8 Å². The monoisotopic (exact) mass is 151 g/mol. The van der Waals surface area contributed by atoms with Crippen LogP contribution in [-0.4, -0.2) is 7.11 Å². The SMILES string of the molecule is COc1cc(C)cc(C)c1N. The van der Waals surface area contributed by atoms with Crippen molar-refractivity contribution in [3.8, 4) is 5.75 Å². The number of hydrogen-bond acceptors (Lipinski definition) is 2. The molecular weight excluding hydrogens is 138 g/mol. The summed E-state index contributed by atoms with van der Waals surface area (Å²) in [6, 6.07) is 3.97. The molecular formula is C9H13NO. The Bertz CT molecular complexity index is 269. The molecule has 0 aromatic heterocycles. The topological polar surface area (TPSA) is 35.2 Å². The molecule has 0 atom stereocenters. The predicted molar refractivity (Wildman–Crippen MR) is 46.9 cm³/mol. The van der Waals surface area contributed by atoms with Gasteiger partial charge in [0.1, 0.15) is 5.75 Å². The number of hydrogen-bond donors (Lipinski definition) is 1. The predicted octanol–water partition coefficient (Wildman–Crippen LogP) is 1.89. The minimum Gasteiger partial charge on any atom is -0.495 e. The second kappa shape index (κ2) is 2.82. The van der Waals surface area contributed by atoms with Gasteiger partial charge in [0.05, 0.1) is 12.8 Å². The maximum absolute atomic E-state index is 5.74. The Kier molecular flexibility index (Phi) is 2.03. The first-order valence-corrected chi connectivity index (χ1v) is 3.56. The van der Waals surface area contributed by atoms with Gasteiger partial charge in [0.2, 0.25) is 0 Å². The van der Waals surface area contributed by atoms with Gasteiger partial charge < -0.3 is 10.5 Å². The van der Waals surface area contributed by atoms with E-state index in [-0.39, 0.29) is 0 Å². The average molecular weight is 151 g/mol. The van der Waals surface area contributed by atoms with E-state index in [1.165, 1.54) is 5.56 Å². The second-order valence-electron chi connectivity index (χ2n) is 2.70. The van der Waals surface area contributed by atoms with Crippen LogP contribution in [0.3, 0.4) is 0 Å². The summed E-state index contributed by atoms with van der Waals surface area (Å²) >= 11 is 0. The number of nitrogens with two attached hydrogens (primary N) is 1. The summed E-state index contributed by atoms with van der Waals surface area (Å²) in [5.74, 6) is 0.766. The van der Waals surface area contributed by atoms with Crippen LogP contribution in [0.15, 0.2) is 12.1 Å². The van der Waals surface area contributed by atoms with E-state index in [0.29, 0.717) is 0 Å². The standard InChI is InChI=1S/C9H13NO/c1-6-4-7(2)9(10)8(5-6)11-3/h4-5H,10H2,1-3H3. The molecule has 0 aliphatic carbocycles. The molecule has 0 fully saturated rings. The summed E-state index contributed by atoms with van der Waals surface area (Å²) in [7, 11) is 1.63. The van der Waals surface area contributed by atoms with E-state index in [9.17, 15) is 0 Å².